The van der Waals surface area contributed by atoms with E-state index in [2.05, 4.69) is 0 Å². The molecule has 0 saturated carbocycles. The summed E-state index contributed by atoms with van der Waals surface area (Å²) in [6.45, 7) is -0.656. The van der Waals surface area contributed by atoms with Crippen molar-refractivity contribution in [2.45, 2.75) is 12.2 Å². The smallest absolute Gasteiger partial charge is 0.125 e. The number of benzene rings is 1. The van der Waals surface area contributed by atoms with E-state index in [1.54, 1.807) is 0 Å². The van der Waals surface area contributed by atoms with Gasteiger partial charge in [-0.05, 0) is 12.1 Å². The van der Waals surface area contributed by atoms with Crippen LogP contribution in [0.3, 0.4) is 0 Å². The van der Waals surface area contributed by atoms with Gasteiger partial charge in [0.1, 0.15) is 18.0 Å². The summed E-state index contributed by atoms with van der Waals surface area (Å²) in [5, 5.41) is 27.3. The molecule has 2 unspecified atom stereocenters. The number of anilines is 2. The first-order valence-corrected chi connectivity index (χ1v) is 4.28. The zero-order valence-corrected chi connectivity index (χ0v) is 7.89. The van der Waals surface area contributed by atoms with E-state index < -0.39 is 24.6 Å². The molecule has 0 heterocycles. The second-order valence-corrected chi connectivity index (χ2v) is 3.19. The van der Waals surface area contributed by atoms with Crippen LogP contribution in [-0.2, 0) is 0 Å². The molecule has 1 rings (SSSR count). The van der Waals surface area contributed by atoms with Gasteiger partial charge in [-0.3, -0.25) is 0 Å². The van der Waals surface area contributed by atoms with E-state index in [1.807, 2.05) is 0 Å². The summed E-state index contributed by atoms with van der Waals surface area (Å²) in [6, 6.07) is 1.98. The second-order valence-electron chi connectivity index (χ2n) is 3.19. The van der Waals surface area contributed by atoms with Crippen molar-refractivity contribution in [3.63, 3.8) is 0 Å². The lowest BCUT2D eigenvalue weighted by atomic mass is 10.0. The Morgan fingerprint density at radius 2 is 1.87 bits per heavy atom. The summed E-state index contributed by atoms with van der Waals surface area (Å²) in [6.07, 6.45) is -2.89. The molecule has 0 aliphatic rings. The first-order chi connectivity index (χ1) is 6.97. The average molecular weight is 216 g/mol. The van der Waals surface area contributed by atoms with Crippen molar-refractivity contribution in [2.24, 2.45) is 0 Å². The molecule has 0 spiro atoms. The number of hydrogen-bond donors (Lipinski definition) is 5. The Bertz CT molecular complexity index is 359. The fourth-order valence-electron chi connectivity index (χ4n) is 1.21. The molecule has 15 heavy (non-hydrogen) atoms. The van der Waals surface area contributed by atoms with E-state index in [0.29, 0.717) is 0 Å². The highest BCUT2D eigenvalue weighted by Crippen LogP contribution is 2.28. The summed E-state index contributed by atoms with van der Waals surface area (Å²) >= 11 is 0. The van der Waals surface area contributed by atoms with Gasteiger partial charge in [0.25, 0.3) is 0 Å². The number of nitrogen functional groups attached to an aromatic ring is 2. The Balaban J connectivity index is 3.13. The van der Waals surface area contributed by atoms with Crippen molar-refractivity contribution >= 4 is 11.4 Å². The number of nitrogens with two attached hydrogens (primary N) is 2. The van der Waals surface area contributed by atoms with Crippen molar-refractivity contribution in [3.05, 3.63) is 23.5 Å². The predicted octanol–water partition coefficient (Wildman–Crippen LogP) is -0.623. The van der Waals surface area contributed by atoms with Gasteiger partial charge in [0.15, 0.2) is 0 Å². The average Bonchev–Trinajstić information content (AvgIpc) is 2.21. The van der Waals surface area contributed by atoms with Gasteiger partial charge < -0.3 is 26.8 Å². The summed E-state index contributed by atoms with van der Waals surface area (Å²) in [5.41, 5.74) is 10.8. The molecule has 0 aliphatic carbocycles. The molecule has 0 fully saturated rings. The Kier molecular flexibility index (Phi) is 3.46. The molecule has 0 bridgehead atoms. The van der Waals surface area contributed by atoms with Gasteiger partial charge in [-0.15, -0.1) is 0 Å². The van der Waals surface area contributed by atoms with Gasteiger partial charge in [0, 0.05) is 5.56 Å². The molecule has 7 N–H and O–H groups in total. The monoisotopic (exact) mass is 216 g/mol. The summed E-state index contributed by atoms with van der Waals surface area (Å²) in [4.78, 5) is 0. The molecule has 0 radical (unpaired) electrons. The summed E-state index contributed by atoms with van der Waals surface area (Å²) in [7, 11) is 0. The molecule has 0 aliphatic heterocycles. The van der Waals surface area contributed by atoms with Crippen molar-refractivity contribution in [2.75, 3.05) is 18.1 Å². The standard InChI is InChI=1S/C9H13FN2O3/c10-4-1-5(8(12)6(11)2-4)9(15)7(14)3-13/h1-2,7,9,13-15H,3,11-12H2. The van der Waals surface area contributed by atoms with E-state index in [-0.39, 0.29) is 16.9 Å². The molecule has 6 heteroatoms. The highest BCUT2D eigenvalue weighted by atomic mass is 19.1. The zero-order chi connectivity index (χ0) is 11.6. The Hall–Kier alpha value is -1.37. The lowest BCUT2D eigenvalue weighted by molar-refractivity contribution is -0.0150. The topological polar surface area (TPSA) is 113 Å². The van der Waals surface area contributed by atoms with Gasteiger partial charge in [0.05, 0.1) is 18.0 Å². The maximum atomic E-state index is 12.9. The van der Waals surface area contributed by atoms with Gasteiger partial charge >= 0.3 is 0 Å². The van der Waals surface area contributed by atoms with E-state index in [1.165, 1.54) is 0 Å². The molecule has 0 amide bonds. The molecule has 84 valence electrons. The van der Waals surface area contributed by atoms with Crippen LogP contribution in [0, 0.1) is 5.82 Å². The van der Waals surface area contributed by atoms with Crippen LogP contribution < -0.4 is 11.5 Å². The molecule has 0 aromatic heterocycles. The Morgan fingerprint density at radius 3 is 2.40 bits per heavy atom. The molecule has 2 atom stereocenters. The van der Waals surface area contributed by atoms with Crippen LogP contribution in [0.1, 0.15) is 11.7 Å². The minimum Gasteiger partial charge on any atom is -0.397 e. The van der Waals surface area contributed by atoms with Crippen molar-refractivity contribution < 1.29 is 19.7 Å². The van der Waals surface area contributed by atoms with Gasteiger partial charge in [-0.1, -0.05) is 0 Å². The minimum atomic E-state index is -1.46. The van der Waals surface area contributed by atoms with Gasteiger partial charge in [-0.25, -0.2) is 4.39 Å². The molecule has 0 saturated heterocycles. The minimum absolute atomic E-state index is 0.00333. The van der Waals surface area contributed by atoms with Crippen LogP contribution in [0.5, 0.6) is 0 Å². The fourth-order valence-corrected chi connectivity index (χ4v) is 1.21. The maximum Gasteiger partial charge on any atom is 0.125 e. The van der Waals surface area contributed by atoms with E-state index in [9.17, 15) is 9.50 Å². The number of rotatable bonds is 3. The molecule has 1 aromatic carbocycles. The van der Waals surface area contributed by atoms with E-state index >= 15 is 0 Å². The molecule has 5 nitrogen and oxygen atoms in total. The second kappa shape index (κ2) is 4.43. The molecular formula is C9H13FN2O3. The quantitative estimate of drug-likeness (QED) is 0.432. The lowest BCUT2D eigenvalue weighted by Crippen LogP contribution is -2.23. The first kappa shape index (κ1) is 11.7. The van der Waals surface area contributed by atoms with E-state index in [4.69, 9.17) is 21.7 Å². The highest BCUT2D eigenvalue weighted by molar-refractivity contribution is 5.68. The Morgan fingerprint density at radius 1 is 1.27 bits per heavy atom. The van der Waals surface area contributed by atoms with Crippen LogP contribution >= 0.6 is 0 Å². The third kappa shape index (κ3) is 2.35. The van der Waals surface area contributed by atoms with Crippen LogP contribution in [0.4, 0.5) is 15.8 Å². The summed E-state index contributed by atoms with van der Waals surface area (Å²) in [5.74, 6) is -0.666. The molecule has 1 aromatic rings. The van der Waals surface area contributed by atoms with Crippen molar-refractivity contribution in [1.29, 1.82) is 0 Å². The third-order valence-electron chi connectivity index (χ3n) is 2.08. The fraction of sp³-hybridized carbons (Fsp3) is 0.333. The van der Waals surface area contributed by atoms with Crippen LogP contribution in [0.25, 0.3) is 0 Å². The Labute approximate surface area is 85.8 Å². The number of aliphatic hydroxyl groups is 3. The predicted molar refractivity (Wildman–Crippen MR) is 53.3 cm³/mol. The number of halogens is 1. The highest BCUT2D eigenvalue weighted by Gasteiger charge is 2.21. The summed E-state index contributed by atoms with van der Waals surface area (Å²) < 4.78 is 12.9. The van der Waals surface area contributed by atoms with Gasteiger partial charge in [0.2, 0.25) is 0 Å². The zero-order valence-electron chi connectivity index (χ0n) is 7.89. The van der Waals surface area contributed by atoms with Crippen LogP contribution in [-0.4, -0.2) is 28.0 Å². The SMILES string of the molecule is Nc1cc(F)cc(C(O)C(O)CO)c1N. The molecular weight excluding hydrogens is 203 g/mol. The lowest BCUT2D eigenvalue weighted by Gasteiger charge is -2.18. The first-order valence-electron chi connectivity index (χ1n) is 4.28. The third-order valence-corrected chi connectivity index (χ3v) is 2.08. The normalized spacial score (nSPS) is 14.9. The number of aliphatic hydroxyl groups excluding tert-OH is 3. The van der Waals surface area contributed by atoms with Crippen LogP contribution in [0.2, 0.25) is 0 Å². The maximum absolute atomic E-state index is 12.9. The van der Waals surface area contributed by atoms with Crippen molar-refractivity contribution in [3.8, 4) is 0 Å². The van der Waals surface area contributed by atoms with Gasteiger partial charge in [-0.2, -0.15) is 0 Å². The van der Waals surface area contributed by atoms with Crippen LogP contribution in [0.15, 0.2) is 12.1 Å². The van der Waals surface area contributed by atoms with Crippen molar-refractivity contribution in [1.82, 2.24) is 0 Å². The van der Waals surface area contributed by atoms with E-state index in [0.717, 1.165) is 12.1 Å². The number of hydrogen-bond acceptors (Lipinski definition) is 5. The largest absolute Gasteiger partial charge is 0.397 e.